The smallest absolute Gasteiger partial charge is 0.124 e. The second kappa shape index (κ2) is 39.9. The predicted molar refractivity (Wildman–Crippen MR) is 240 cm³/mol. The van der Waals surface area contributed by atoms with E-state index in [0.717, 1.165) is 8.97 Å². The number of hydrogen-bond donors (Lipinski definition) is 0. The Morgan fingerprint density at radius 2 is 0.618 bits per heavy atom. The molecule has 6 nitrogen and oxygen atoms in total. The molecule has 55 heavy (non-hydrogen) atoms. The van der Waals surface area contributed by atoms with Crippen LogP contribution in [0.25, 0.3) is 0 Å². The first-order valence-electron chi connectivity index (χ1n) is 23.6. The standard InChI is InChI=1S/2C21H46N.C6H7O4P/c2*1-5-6-7-8-9-10-11-12-13-14-15-16-17-18-19-20-21-22(2,3)4;7-11(8,9)10-6-4-2-1-3-5-6/h2*5-21H2,1-4H3;1-5H,(H2,7,8,9)/q2*+1;/p-2. The summed E-state index contributed by atoms with van der Waals surface area (Å²) < 4.78 is 16.3. The highest BCUT2D eigenvalue weighted by Gasteiger charge is 2.06. The van der Waals surface area contributed by atoms with Gasteiger partial charge in [-0.25, -0.2) is 0 Å². The minimum absolute atomic E-state index is 0.0424. The predicted octanol–water partition coefficient (Wildman–Crippen LogP) is 13.8. The molecule has 0 fully saturated rings. The molecule has 0 heterocycles. The lowest BCUT2D eigenvalue weighted by Crippen LogP contribution is -2.35. The van der Waals surface area contributed by atoms with Gasteiger partial charge in [-0.15, -0.1) is 0 Å². The number of phosphoric acid groups is 1. The second-order valence-corrected chi connectivity index (χ2v) is 19.6. The average molecular weight is 797 g/mol. The first-order valence-corrected chi connectivity index (χ1v) is 25.0. The summed E-state index contributed by atoms with van der Waals surface area (Å²) in [5, 5.41) is 0. The van der Waals surface area contributed by atoms with Gasteiger partial charge < -0.3 is 27.8 Å². The van der Waals surface area contributed by atoms with Gasteiger partial charge in [-0.2, -0.15) is 0 Å². The van der Waals surface area contributed by atoms with Gasteiger partial charge in [0.2, 0.25) is 0 Å². The van der Waals surface area contributed by atoms with Crippen molar-refractivity contribution in [2.45, 2.75) is 219 Å². The van der Waals surface area contributed by atoms with Crippen LogP contribution >= 0.6 is 7.82 Å². The Morgan fingerprint density at radius 1 is 0.400 bits per heavy atom. The molecule has 0 radical (unpaired) electrons. The highest BCUT2D eigenvalue weighted by Crippen LogP contribution is 2.28. The maximum atomic E-state index is 10.1. The summed E-state index contributed by atoms with van der Waals surface area (Å²) in [5.74, 6) is 0.0424. The number of quaternary nitrogens is 2. The van der Waals surface area contributed by atoms with Gasteiger partial charge in [-0.3, -0.25) is 0 Å². The van der Waals surface area contributed by atoms with Crippen molar-refractivity contribution < 1.29 is 27.8 Å². The molecular weight excluding hydrogens is 700 g/mol. The molecule has 0 atom stereocenters. The highest BCUT2D eigenvalue weighted by molar-refractivity contribution is 7.43. The van der Waals surface area contributed by atoms with Crippen molar-refractivity contribution in [2.75, 3.05) is 55.4 Å². The lowest BCUT2D eigenvalue weighted by molar-refractivity contribution is -0.870. The van der Waals surface area contributed by atoms with E-state index in [2.05, 4.69) is 60.7 Å². The van der Waals surface area contributed by atoms with Crippen LogP contribution in [-0.2, 0) is 4.57 Å². The van der Waals surface area contributed by atoms with Gasteiger partial charge >= 0.3 is 0 Å². The minimum Gasteiger partial charge on any atom is -0.780 e. The maximum Gasteiger partial charge on any atom is 0.124 e. The molecule has 0 saturated heterocycles. The van der Waals surface area contributed by atoms with Crippen LogP contribution in [0.3, 0.4) is 0 Å². The molecule has 0 aliphatic heterocycles. The molecule has 1 aromatic carbocycles. The molecule has 1 rings (SSSR count). The van der Waals surface area contributed by atoms with Crippen molar-refractivity contribution in [3.63, 3.8) is 0 Å². The minimum atomic E-state index is -4.89. The van der Waals surface area contributed by atoms with Crippen LogP contribution in [0.15, 0.2) is 30.3 Å². The van der Waals surface area contributed by atoms with Gasteiger partial charge in [0.15, 0.2) is 0 Å². The third-order valence-corrected chi connectivity index (χ3v) is 10.8. The summed E-state index contributed by atoms with van der Waals surface area (Å²) >= 11 is 0. The molecule has 1 aromatic rings. The van der Waals surface area contributed by atoms with E-state index in [1.807, 2.05) is 0 Å². The number of rotatable bonds is 36. The first-order chi connectivity index (χ1) is 26.2. The quantitative estimate of drug-likeness (QED) is 0.0385. The maximum absolute atomic E-state index is 10.1. The van der Waals surface area contributed by atoms with Crippen LogP contribution in [0.1, 0.15) is 219 Å². The van der Waals surface area contributed by atoms with Gasteiger partial charge in [0.05, 0.1) is 55.4 Å². The van der Waals surface area contributed by atoms with E-state index in [1.165, 1.54) is 231 Å². The third kappa shape index (κ3) is 55.2. The zero-order valence-electron chi connectivity index (χ0n) is 38.4. The Labute approximate surface area is 345 Å². The molecule has 0 aliphatic rings. The van der Waals surface area contributed by atoms with E-state index >= 15 is 0 Å². The number of phosphoric ester groups is 1. The highest BCUT2D eigenvalue weighted by atomic mass is 31.2. The molecule has 328 valence electrons. The molecule has 0 amide bonds. The van der Waals surface area contributed by atoms with Crippen molar-refractivity contribution in [2.24, 2.45) is 0 Å². The molecular formula is C48H97N2O4P. The fourth-order valence-electron chi connectivity index (χ4n) is 6.88. The summed E-state index contributed by atoms with van der Waals surface area (Å²) in [6.45, 7) is 7.26. The Kier molecular flexibility index (Phi) is 40.8. The third-order valence-electron chi connectivity index (χ3n) is 10.3. The Hall–Kier alpha value is -0.910. The number of unbranched alkanes of at least 4 members (excludes halogenated alkanes) is 30. The normalized spacial score (nSPS) is 11.8. The second-order valence-electron chi connectivity index (χ2n) is 18.5. The molecule has 0 spiro atoms. The molecule has 0 N–H and O–H groups in total. The van der Waals surface area contributed by atoms with Crippen LogP contribution in [-0.4, -0.2) is 64.3 Å². The Balaban J connectivity index is 0. The first kappa shape index (κ1) is 56.2. The van der Waals surface area contributed by atoms with Crippen LogP contribution < -0.4 is 14.3 Å². The van der Waals surface area contributed by atoms with Gasteiger partial charge in [0.25, 0.3) is 0 Å². The van der Waals surface area contributed by atoms with E-state index in [-0.39, 0.29) is 5.75 Å². The SMILES string of the molecule is CCCCCCCCCCCCCCCCCC[N+](C)(C)C.CCCCCCCCCCCCCCCCCC[N+](C)(C)C.O=P([O-])([O-])Oc1ccccc1. The zero-order chi connectivity index (χ0) is 41.4. The van der Waals surface area contributed by atoms with Gasteiger partial charge in [-0.05, 0) is 37.8 Å². The van der Waals surface area contributed by atoms with E-state index in [9.17, 15) is 14.4 Å². The van der Waals surface area contributed by atoms with Crippen LogP contribution in [0.5, 0.6) is 5.75 Å². The number of hydrogen-bond acceptors (Lipinski definition) is 4. The van der Waals surface area contributed by atoms with E-state index in [0.29, 0.717) is 0 Å². The van der Waals surface area contributed by atoms with Crippen molar-refractivity contribution >= 4 is 7.82 Å². The van der Waals surface area contributed by atoms with Crippen molar-refractivity contribution in [1.29, 1.82) is 0 Å². The fraction of sp³-hybridized carbons (Fsp3) is 0.875. The summed E-state index contributed by atoms with van der Waals surface area (Å²) in [6.07, 6.45) is 46.7. The monoisotopic (exact) mass is 797 g/mol. The largest absolute Gasteiger partial charge is 0.780 e. The van der Waals surface area contributed by atoms with Crippen molar-refractivity contribution in [3.8, 4) is 5.75 Å². The molecule has 0 aromatic heterocycles. The number of benzene rings is 1. The number of para-hydroxylation sites is 1. The molecule has 0 saturated carbocycles. The molecule has 0 bridgehead atoms. The van der Waals surface area contributed by atoms with Gasteiger partial charge in [0, 0.05) is 0 Å². The van der Waals surface area contributed by atoms with Crippen LogP contribution in [0.2, 0.25) is 0 Å². The van der Waals surface area contributed by atoms with Crippen molar-refractivity contribution in [3.05, 3.63) is 30.3 Å². The van der Waals surface area contributed by atoms with E-state index in [1.54, 1.807) is 18.2 Å². The van der Waals surface area contributed by atoms with Crippen LogP contribution in [0, 0.1) is 0 Å². The summed E-state index contributed by atoms with van der Waals surface area (Å²) in [4.78, 5) is 20.1. The topological polar surface area (TPSA) is 72.4 Å². The molecule has 7 heteroatoms. The summed E-state index contributed by atoms with van der Waals surface area (Å²) in [5.41, 5.74) is 0. The number of nitrogens with zero attached hydrogens (tertiary/aromatic N) is 2. The average Bonchev–Trinajstić information content (AvgIpc) is 3.10. The summed E-state index contributed by atoms with van der Waals surface area (Å²) in [6, 6.07) is 7.62. The molecule has 0 aliphatic carbocycles. The lowest BCUT2D eigenvalue weighted by atomic mass is 10.0. The van der Waals surface area contributed by atoms with E-state index < -0.39 is 7.82 Å². The van der Waals surface area contributed by atoms with Crippen molar-refractivity contribution in [1.82, 2.24) is 0 Å². The Bertz CT molecular complexity index is 880. The van der Waals surface area contributed by atoms with Gasteiger partial charge in [-0.1, -0.05) is 212 Å². The summed E-state index contributed by atoms with van der Waals surface area (Å²) in [7, 11) is 8.89. The Morgan fingerprint density at radius 3 is 0.818 bits per heavy atom. The van der Waals surface area contributed by atoms with E-state index in [4.69, 9.17) is 0 Å². The lowest BCUT2D eigenvalue weighted by Gasteiger charge is -2.28. The fourth-order valence-corrected chi connectivity index (χ4v) is 7.26. The van der Waals surface area contributed by atoms with Crippen LogP contribution in [0.4, 0.5) is 0 Å². The van der Waals surface area contributed by atoms with Gasteiger partial charge in [0.1, 0.15) is 13.6 Å². The zero-order valence-corrected chi connectivity index (χ0v) is 39.3. The molecule has 0 unspecified atom stereocenters.